The van der Waals surface area contributed by atoms with Gasteiger partial charge >= 0.3 is 5.97 Å². The van der Waals surface area contributed by atoms with Crippen molar-refractivity contribution in [3.63, 3.8) is 0 Å². The lowest BCUT2D eigenvalue weighted by Gasteiger charge is -2.32. The number of nitrogens with zero attached hydrogens (tertiary/aromatic N) is 1. The van der Waals surface area contributed by atoms with E-state index in [0.717, 1.165) is 13.0 Å². The van der Waals surface area contributed by atoms with Gasteiger partial charge in [-0.1, -0.05) is 26.2 Å². The maximum absolute atomic E-state index is 11.3. The number of hydrogen-bond donors (Lipinski definition) is 2. The van der Waals surface area contributed by atoms with E-state index in [4.69, 9.17) is 0 Å². The molecule has 4 nitrogen and oxygen atoms in total. The van der Waals surface area contributed by atoms with E-state index in [-0.39, 0.29) is 0 Å². The molecule has 19 heavy (non-hydrogen) atoms. The van der Waals surface area contributed by atoms with Gasteiger partial charge in [0.1, 0.15) is 5.54 Å². The summed E-state index contributed by atoms with van der Waals surface area (Å²) in [5, 5.41) is 12.4. The van der Waals surface area contributed by atoms with Crippen LogP contribution >= 0.6 is 0 Å². The summed E-state index contributed by atoms with van der Waals surface area (Å²) in [5.41, 5.74) is -0.776. The Morgan fingerprint density at radius 1 is 1.37 bits per heavy atom. The number of carbonyl (C=O) groups is 1. The molecular formula is C15H30N2O2. The van der Waals surface area contributed by atoms with Gasteiger partial charge in [-0.15, -0.1) is 0 Å². The number of carboxylic acids is 1. The van der Waals surface area contributed by atoms with Crippen LogP contribution in [0.5, 0.6) is 0 Å². The Kier molecular flexibility index (Phi) is 6.80. The SMILES string of the molecule is CCNC(C)(CCCN(C)C1CCCCC1)C(=O)O. The third-order valence-corrected chi connectivity index (χ3v) is 4.42. The summed E-state index contributed by atoms with van der Waals surface area (Å²) in [6.07, 6.45) is 8.30. The van der Waals surface area contributed by atoms with Crippen molar-refractivity contribution in [2.75, 3.05) is 20.1 Å². The van der Waals surface area contributed by atoms with Crippen LogP contribution < -0.4 is 5.32 Å². The molecule has 0 bridgehead atoms. The molecule has 0 heterocycles. The minimum Gasteiger partial charge on any atom is -0.480 e. The van der Waals surface area contributed by atoms with Crippen molar-refractivity contribution in [2.45, 2.75) is 70.4 Å². The topological polar surface area (TPSA) is 52.6 Å². The molecule has 0 aliphatic heterocycles. The first kappa shape index (κ1) is 16.4. The van der Waals surface area contributed by atoms with Crippen LogP contribution in [0.1, 0.15) is 58.8 Å². The van der Waals surface area contributed by atoms with Gasteiger partial charge in [-0.25, -0.2) is 0 Å². The summed E-state index contributed by atoms with van der Waals surface area (Å²) < 4.78 is 0. The molecule has 1 aliphatic carbocycles. The summed E-state index contributed by atoms with van der Waals surface area (Å²) in [4.78, 5) is 13.7. The fraction of sp³-hybridized carbons (Fsp3) is 0.933. The molecule has 1 rings (SSSR count). The van der Waals surface area contributed by atoms with E-state index in [2.05, 4.69) is 17.3 Å². The van der Waals surface area contributed by atoms with Crippen molar-refractivity contribution < 1.29 is 9.90 Å². The standard InChI is InChI=1S/C15H30N2O2/c1-4-16-15(2,14(18)19)11-8-12-17(3)13-9-6-5-7-10-13/h13,16H,4-12H2,1-3H3,(H,18,19). The molecule has 0 aromatic rings. The average Bonchev–Trinajstić information content (AvgIpc) is 2.39. The number of carboxylic acid groups (broad SMARTS) is 1. The van der Waals surface area contributed by atoms with Gasteiger partial charge in [0, 0.05) is 6.04 Å². The molecule has 0 saturated heterocycles. The zero-order valence-electron chi connectivity index (χ0n) is 12.7. The Labute approximate surface area is 117 Å². The highest BCUT2D eigenvalue weighted by molar-refractivity contribution is 5.78. The monoisotopic (exact) mass is 270 g/mol. The first-order valence-corrected chi connectivity index (χ1v) is 7.68. The molecule has 1 fully saturated rings. The highest BCUT2D eigenvalue weighted by Crippen LogP contribution is 2.22. The Morgan fingerprint density at radius 3 is 2.53 bits per heavy atom. The lowest BCUT2D eigenvalue weighted by Crippen LogP contribution is -2.49. The quantitative estimate of drug-likeness (QED) is 0.711. The normalized spacial score (nSPS) is 20.4. The van der Waals surface area contributed by atoms with E-state index in [0.29, 0.717) is 19.0 Å². The van der Waals surface area contributed by atoms with E-state index in [9.17, 15) is 9.90 Å². The maximum atomic E-state index is 11.3. The predicted molar refractivity (Wildman–Crippen MR) is 78.5 cm³/mol. The second-order valence-corrected chi connectivity index (χ2v) is 6.04. The van der Waals surface area contributed by atoms with Gasteiger partial charge < -0.3 is 15.3 Å². The number of hydrogen-bond acceptors (Lipinski definition) is 3. The first-order valence-electron chi connectivity index (χ1n) is 7.68. The summed E-state index contributed by atoms with van der Waals surface area (Å²) in [6.45, 7) is 5.44. The number of aliphatic carboxylic acids is 1. The molecular weight excluding hydrogens is 240 g/mol. The Morgan fingerprint density at radius 2 is 2.00 bits per heavy atom. The van der Waals surface area contributed by atoms with Crippen molar-refractivity contribution >= 4 is 5.97 Å². The van der Waals surface area contributed by atoms with E-state index >= 15 is 0 Å². The van der Waals surface area contributed by atoms with E-state index in [1.807, 2.05) is 6.92 Å². The van der Waals surface area contributed by atoms with E-state index in [1.54, 1.807) is 6.92 Å². The summed E-state index contributed by atoms with van der Waals surface area (Å²) in [7, 11) is 2.18. The van der Waals surface area contributed by atoms with Crippen molar-refractivity contribution in [3.8, 4) is 0 Å². The minimum absolute atomic E-state index is 0.688. The van der Waals surface area contributed by atoms with Gasteiger partial charge in [-0.2, -0.15) is 0 Å². The average molecular weight is 270 g/mol. The molecule has 0 aromatic carbocycles. The summed E-state index contributed by atoms with van der Waals surface area (Å²) in [5.74, 6) is -0.741. The number of likely N-dealkylation sites (N-methyl/N-ethyl adjacent to an activating group) is 1. The number of rotatable bonds is 8. The summed E-state index contributed by atoms with van der Waals surface area (Å²) >= 11 is 0. The zero-order chi connectivity index (χ0) is 14.3. The predicted octanol–water partition coefficient (Wildman–Crippen LogP) is 2.48. The van der Waals surface area contributed by atoms with Crippen molar-refractivity contribution in [3.05, 3.63) is 0 Å². The largest absolute Gasteiger partial charge is 0.480 e. The molecule has 2 N–H and O–H groups in total. The third-order valence-electron chi connectivity index (χ3n) is 4.42. The molecule has 4 heteroatoms. The highest BCUT2D eigenvalue weighted by Gasteiger charge is 2.31. The van der Waals surface area contributed by atoms with Crippen LogP contribution in [-0.2, 0) is 4.79 Å². The van der Waals surface area contributed by atoms with Gasteiger partial charge in [0.2, 0.25) is 0 Å². The van der Waals surface area contributed by atoms with Crippen LogP contribution in [0.15, 0.2) is 0 Å². The Bertz CT molecular complexity index is 277. The third kappa shape index (κ3) is 5.11. The highest BCUT2D eigenvalue weighted by atomic mass is 16.4. The van der Waals surface area contributed by atoms with Gasteiger partial charge in [0.05, 0.1) is 0 Å². The molecule has 1 aliphatic rings. The lowest BCUT2D eigenvalue weighted by atomic mass is 9.93. The lowest BCUT2D eigenvalue weighted by molar-refractivity contribution is -0.144. The molecule has 0 aromatic heterocycles. The van der Waals surface area contributed by atoms with Crippen molar-refractivity contribution in [1.29, 1.82) is 0 Å². The van der Waals surface area contributed by atoms with Gasteiger partial charge in [0.25, 0.3) is 0 Å². The van der Waals surface area contributed by atoms with Crippen LogP contribution in [0.2, 0.25) is 0 Å². The smallest absolute Gasteiger partial charge is 0.323 e. The molecule has 1 unspecified atom stereocenters. The summed E-state index contributed by atoms with van der Waals surface area (Å²) in [6, 6.07) is 0.712. The van der Waals surface area contributed by atoms with Crippen LogP contribution in [0, 0.1) is 0 Å². The zero-order valence-corrected chi connectivity index (χ0v) is 12.7. The molecule has 0 amide bonds. The molecule has 0 spiro atoms. The van der Waals surface area contributed by atoms with Crippen molar-refractivity contribution in [2.24, 2.45) is 0 Å². The van der Waals surface area contributed by atoms with Gasteiger partial charge in [-0.3, -0.25) is 4.79 Å². The van der Waals surface area contributed by atoms with Gasteiger partial charge in [0.15, 0.2) is 0 Å². The van der Waals surface area contributed by atoms with Crippen LogP contribution in [0.4, 0.5) is 0 Å². The fourth-order valence-electron chi connectivity index (χ4n) is 3.05. The van der Waals surface area contributed by atoms with Crippen LogP contribution in [-0.4, -0.2) is 47.7 Å². The second-order valence-electron chi connectivity index (χ2n) is 6.04. The Hall–Kier alpha value is -0.610. The molecule has 0 radical (unpaired) electrons. The number of nitrogens with one attached hydrogen (secondary N) is 1. The maximum Gasteiger partial charge on any atom is 0.323 e. The molecule has 112 valence electrons. The van der Waals surface area contributed by atoms with Gasteiger partial charge in [-0.05, 0) is 52.7 Å². The van der Waals surface area contributed by atoms with Crippen LogP contribution in [0.25, 0.3) is 0 Å². The molecule has 1 saturated carbocycles. The molecule has 1 atom stereocenters. The Balaban J connectivity index is 2.32. The van der Waals surface area contributed by atoms with Crippen molar-refractivity contribution in [1.82, 2.24) is 10.2 Å². The second kappa shape index (κ2) is 7.85. The fourth-order valence-corrected chi connectivity index (χ4v) is 3.05. The first-order chi connectivity index (χ1) is 8.99. The van der Waals surface area contributed by atoms with E-state index in [1.165, 1.54) is 32.1 Å². The van der Waals surface area contributed by atoms with E-state index < -0.39 is 11.5 Å². The minimum atomic E-state index is -0.776. The van der Waals surface area contributed by atoms with Crippen LogP contribution in [0.3, 0.4) is 0 Å².